The molecule has 5 heteroatoms. The number of nitrogens with one attached hydrogen (secondary N) is 1. The number of aromatic amines is 1. The molecule has 1 atom stereocenters. The van der Waals surface area contributed by atoms with Crippen LogP contribution in [0.15, 0.2) is 24.4 Å². The Balaban J connectivity index is 1.56. The Kier molecular flexibility index (Phi) is 4.39. The molecule has 4 nitrogen and oxygen atoms in total. The van der Waals surface area contributed by atoms with E-state index < -0.39 is 0 Å². The lowest BCUT2D eigenvalue weighted by Crippen LogP contribution is -2.41. The van der Waals surface area contributed by atoms with Crippen molar-refractivity contribution < 1.29 is 4.79 Å². The van der Waals surface area contributed by atoms with Crippen LogP contribution in [0, 0.1) is 12.8 Å². The summed E-state index contributed by atoms with van der Waals surface area (Å²) >= 11 is 1.72. The van der Waals surface area contributed by atoms with Crippen LogP contribution in [0.1, 0.15) is 28.3 Å². The van der Waals surface area contributed by atoms with Crippen molar-refractivity contribution in [3.8, 4) is 0 Å². The Morgan fingerprint density at radius 2 is 2.38 bits per heavy atom. The minimum atomic E-state index is 0.270. The Morgan fingerprint density at radius 3 is 3.10 bits per heavy atom. The number of piperidine rings is 1. The molecule has 0 saturated carbocycles. The van der Waals surface area contributed by atoms with Gasteiger partial charge in [0, 0.05) is 34.7 Å². The number of rotatable bonds is 4. The predicted molar refractivity (Wildman–Crippen MR) is 84.4 cm³/mol. The third kappa shape index (κ3) is 3.73. The van der Waals surface area contributed by atoms with E-state index in [-0.39, 0.29) is 5.91 Å². The fourth-order valence-electron chi connectivity index (χ4n) is 3.01. The molecule has 1 fully saturated rings. The van der Waals surface area contributed by atoms with Gasteiger partial charge in [-0.15, -0.1) is 11.3 Å². The zero-order valence-electron chi connectivity index (χ0n) is 12.3. The summed E-state index contributed by atoms with van der Waals surface area (Å²) in [5, 5.41) is 7.02. The van der Waals surface area contributed by atoms with Crippen molar-refractivity contribution in [1.82, 2.24) is 15.1 Å². The molecular weight excluding hydrogens is 282 g/mol. The van der Waals surface area contributed by atoms with Gasteiger partial charge in [-0.3, -0.25) is 9.89 Å². The van der Waals surface area contributed by atoms with Crippen molar-refractivity contribution in [2.45, 2.75) is 32.6 Å². The van der Waals surface area contributed by atoms with Gasteiger partial charge in [-0.25, -0.2) is 0 Å². The molecule has 1 aliphatic rings. The summed E-state index contributed by atoms with van der Waals surface area (Å²) in [6.07, 6.45) is 5.63. The molecule has 0 bridgehead atoms. The van der Waals surface area contributed by atoms with E-state index in [1.54, 1.807) is 17.5 Å². The van der Waals surface area contributed by atoms with Gasteiger partial charge in [0.25, 0.3) is 0 Å². The average molecular weight is 303 g/mol. The van der Waals surface area contributed by atoms with E-state index in [4.69, 9.17) is 0 Å². The highest BCUT2D eigenvalue weighted by Crippen LogP contribution is 2.22. The molecule has 3 rings (SSSR count). The molecule has 21 heavy (non-hydrogen) atoms. The number of nitrogens with zero attached hydrogens (tertiary/aromatic N) is 2. The number of aromatic nitrogens is 2. The maximum atomic E-state index is 12.4. The van der Waals surface area contributed by atoms with Gasteiger partial charge in [0.2, 0.25) is 5.91 Å². The normalized spacial score (nSPS) is 18.9. The fourth-order valence-corrected chi connectivity index (χ4v) is 3.89. The highest BCUT2D eigenvalue weighted by Gasteiger charge is 2.24. The minimum Gasteiger partial charge on any atom is -0.342 e. The number of amides is 1. The van der Waals surface area contributed by atoms with Crippen LogP contribution in [-0.4, -0.2) is 34.1 Å². The van der Waals surface area contributed by atoms with Crippen LogP contribution in [-0.2, 0) is 17.6 Å². The SMILES string of the molecule is Cc1ccc(CC(=O)N2CCCC(Cc3ccn[nH]3)C2)s1. The van der Waals surface area contributed by atoms with Crippen LogP contribution in [0.2, 0.25) is 0 Å². The summed E-state index contributed by atoms with van der Waals surface area (Å²) in [4.78, 5) is 16.9. The van der Waals surface area contributed by atoms with Gasteiger partial charge in [-0.2, -0.15) is 5.10 Å². The van der Waals surface area contributed by atoms with Crippen LogP contribution in [0.3, 0.4) is 0 Å². The lowest BCUT2D eigenvalue weighted by molar-refractivity contribution is -0.132. The molecule has 3 heterocycles. The van der Waals surface area contributed by atoms with Crippen LogP contribution < -0.4 is 0 Å². The molecule has 2 aromatic rings. The number of carbonyl (C=O) groups is 1. The van der Waals surface area contributed by atoms with Gasteiger partial charge in [0.15, 0.2) is 0 Å². The maximum Gasteiger partial charge on any atom is 0.227 e. The molecule has 112 valence electrons. The van der Waals surface area contributed by atoms with Gasteiger partial charge < -0.3 is 4.90 Å². The van der Waals surface area contributed by atoms with Crippen LogP contribution in [0.5, 0.6) is 0 Å². The van der Waals surface area contributed by atoms with Crippen molar-refractivity contribution in [1.29, 1.82) is 0 Å². The zero-order valence-corrected chi connectivity index (χ0v) is 13.2. The Hall–Kier alpha value is -1.62. The number of hydrogen-bond donors (Lipinski definition) is 1. The Labute approximate surface area is 129 Å². The van der Waals surface area contributed by atoms with Gasteiger partial charge in [0.05, 0.1) is 6.42 Å². The number of carbonyl (C=O) groups excluding carboxylic acids is 1. The molecule has 1 amide bonds. The largest absolute Gasteiger partial charge is 0.342 e. The van der Waals surface area contributed by atoms with E-state index >= 15 is 0 Å². The summed E-state index contributed by atoms with van der Waals surface area (Å²) in [5.74, 6) is 0.819. The summed E-state index contributed by atoms with van der Waals surface area (Å²) in [5.41, 5.74) is 1.17. The highest BCUT2D eigenvalue weighted by molar-refractivity contribution is 7.12. The van der Waals surface area contributed by atoms with E-state index in [1.807, 2.05) is 11.0 Å². The summed E-state index contributed by atoms with van der Waals surface area (Å²) in [7, 11) is 0. The molecule has 0 spiro atoms. The van der Waals surface area contributed by atoms with E-state index in [0.29, 0.717) is 12.3 Å². The van der Waals surface area contributed by atoms with Crippen molar-refractivity contribution in [2.75, 3.05) is 13.1 Å². The summed E-state index contributed by atoms with van der Waals surface area (Å²) in [6.45, 7) is 3.87. The number of likely N-dealkylation sites (tertiary alicyclic amines) is 1. The molecular formula is C16H21N3OS. The standard InChI is InChI=1S/C16H21N3OS/c1-12-4-5-15(21-12)10-16(20)19-8-2-3-13(11-19)9-14-6-7-17-18-14/h4-7,13H,2-3,8-11H2,1H3,(H,17,18). The molecule has 1 unspecified atom stereocenters. The summed E-state index contributed by atoms with van der Waals surface area (Å²) < 4.78 is 0. The second-order valence-corrected chi connectivity index (χ2v) is 7.20. The minimum absolute atomic E-state index is 0.270. The molecule has 1 saturated heterocycles. The fraction of sp³-hybridized carbons (Fsp3) is 0.500. The first-order valence-corrected chi connectivity index (χ1v) is 8.33. The van der Waals surface area contributed by atoms with Gasteiger partial charge in [-0.1, -0.05) is 0 Å². The number of H-pyrrole nitrogens is 1. The van der Waals surface area contributed by atoms with Crippen molar-refractivity contribution in [2.24, 2.45) is 5.92 Å². The van der Waals surface area contributed by atoms with Crippen LogP contribution in [0.4, 0.5) is 0 Å². The number of hydrogen-bond acceptors (Lipinski definition) is 3. The first kappa shape index (κ1) is 14.3. The third-order valence-electron chi connectivity index (χ3n) is 4.06. The molecule has 0 radical (unpaired) electrons. The Bertz CT molecular complexity index is 590. The van der Waals surface area contributed by atoms with E-state index in [0.717, 1.165) is 25.9 Å². The van der Waals surface area contributed by atoms with Gasteiger partial charge in [0.1, 0.15) is 0 Å². The zero-order chi connectivity index (χ0) is 14.7. The van der Waals surface area contributed by atoms with E-state index in [1.165, 1.54) is 21.9 Å². The lowest BCUT2D eigenvalue weighted by atomic mass is 9.93. The smallest absolute Gasteiger partial charge is 0.227 e. The number of aryl methyl sites for hydroxylation is 1. The van der Waals surface area contributed by atoms with E-state index in [9.17, 15) is 4.79 Å². The van der Waals surface area contributed by atoms with Gasteiger partial charge in [-0.05, 0) is 50.3 Å². The maximum absolute atomic E-state index is 12.4. The molecule has 2 aromatic heterocycles. The topological polar surface area (TPSA) is 49.0 Å². The Morgan fingerprint density at radius 1 is 1.48 bits per heavy atom. The van der Waals surface area contributed by atoms with Crippen molar-refractivity contribution in [3.63, 3.8) is 0 Å². The second kappa shape index (κ2) is 6.43. The first-order valence-electron chi connectivity index (χ1n) is 7.52. The highest BCUT2D eigenvalue weighted by atomic mass is 32.1. The van der Waals surface area contributed by atoms with Crippen molar-refractivity contribution >= 4 is 17.2 Å². The monoisotopic (exact) mass is 303 g/mol. The quantitative estimate of drug-likeness (QED) is 0.944. The predicted octanol–water partition coefficient (Wildman–Crippen LogP) is 2.80. The molecule has 0 aromatic carbocycles. The average Bonchev–Trinajstić information content (AvgIpc) is 3.11. The summed E-state index contributed by atoms with van der Waals surface area (Å²) in [6, 6.07) is 6.18. The third-order valence-corrected chi connectivity index (χ3v) is 5.06. The lowest BCUT2D eigenvalue weighted by Gasteiger charge is -2.32. The molecule has 1 N–H and O–H groups in total. The van der Waals surface area contributed by atoms with Crippen molar-refractivity contribution in [3.05, 3.63) is 39.8 Å². The molecule has 1 aliphatic heterocycles. The van der Waals surface area contributed by atoms with E-state index in [2.05, 4.69) is 29.3 Å². The van der Waals surface area contributed by atoms with Gasteiger partial charge >= 0.3 is 0 Å². The number of thiophene rings is 1. The van der Waals surface area contributed by atoms with Crippen LogP contribution in [0.25, 0.3) is 0 Å². The first-order chi connectivity index (χ1) is 10.2. The van der Waals surface area contributed by atoms with Crippen LogP contribution >= 0.6 is 11.3 Å². The second-order valence-electron chi connectivity index (χ2n) is 5.82. The molecule has 0 aliphatic carbocycles.